The Balaban J connectivity index is 3.22. The van der Waals surface area contributed by atoms with Gasteiger partial charge >= 0.3 is 104 Å². The van der Waals surface area contributed by atoms with E-state index in [2.05, 4.69) is 29.2 Å². The molecule has 0 aromatic carbocycles. The van der Waals surface area contributed by atoms with E-state index >= 15 is 0 Å². The molecule has 0 rings (SSSR count). The van der Waals surface area contributed by atoms with Gasteiger partial charge in [0, 0.05) is 0 Å². The summed E-state index contributed by atoms with van der Waals surface area (Å²) in [7, 11) is 2.09. The van der Waals surface area contributed by atoms with Crippen molar-refractivity contribution >= 4 is 24.0 Å². The summed E-state index contributed by atoms with van der Waals surface area (Å²) in [5.41, 5.74) is 0. The van der Waals surface area contributed by atoms with Crippen LogP contribution in [0.1, 0.15) is 38.5 Å². The van der Waals surface area contributed by atoms with Crippen molar-refractivity contribution in [1.29, 1.82) is 0 Å². The maximum atomic E-state index is 8.87. The summed E-state index contributed by atoms with van der Waals surface area (Å²) < 4.78 is 5.42. The predicted octanol–water partition coefficient (Wildman–Crippen LogP) is 4.89. The van der Waals surface area contributed by atoms with E-state index in [0.29, 0.717) is 12.4 Å². The molecule has 0 bridgehead atoms. The van der Waals surface area contributed by atoms with Crippen LogP contribution >= 0.6 is 10.2 Å². The number of hydrogen-bond donors (Lipinski definition) is 1. The molecule has 0 saturated carbocycles. The average molecular weight is 349 g/mol. The molecule has 0 radical (unpaired) electrons. The number of aliphatic hydroxyl groups excluding tert-OH is 1. The minimum absolute atomic E-state index is 0.0205. The quantitative estimate of drug-likeness (QED) is 0.222. The fourth-order valence-corrected chi connectivity index (χ4v) is 3.77. The van der Waals surface area contributed by atoms with Gasteiger partial charge in [0.1, 0.15) is 5.76 Å². The Bertz CT molecular complexity index is 277. The zero-order valence-electron chi connectivity index (χ0n) is 11.9. The average Bonchev–Trinajstić information content (AvgIpc) is 2.38. The summed E-state index contributed by atoms with van der Waals surface area (Å²) in [4.78, 5) is 0. The first-order valence-electron chi connectivity index (χ1n) is 6.70. The minimum atomic E-state index is 0.0205. The molecule has 0 saturated heterocycles. The van der Waals surface area contributed by atoms with Gasteiger partial charge in [-0.2, -0.15) is 0 Å². The van der Waals surface area contributed by atoms with E-state index < -0.39 is 0 Å². The van der Waals surface area contributed by atoms with E-state index in [4.69, 9.17) is 9.84 Å². The van der Waals surface area contributed by atoms with Gasteiger partial charge in [0.2, 0.25) is 0 Å². The summed E-state index contributed by atoms with van der Waals surface area (Å²) >= 11 is 0.774. The van der Waals surface area contributed by atoms with Crippen LogP contribution in [0.2, 0.25) is 5.82 Å². The molecule has 0 amide bonds. The van der Waals surface area contributed by atoms with Gasteiger partial charge < -0.3 is 5.11 Å². The normalized spacial score (nSPS) is 10.8. The van der Waals surface area contributed by atoms with Gasteiger partial charge in [0.15, 0.2) is 0 Å². The summed E-state index contributed by atoms with van der Waals surface area (Å²) in [5.74, 6) is 4.21. The molecule has 4 heteroatoms. The standard InChI is InChI=1S/C15H26O2SSe/c1-14(16)10-11-15(2)17-12-8-6-4-5-7-9-13-18-19-3/h10-11,16H,1-2,4-9,12-13H2,3H3/b11-10-. The van der Waals surface area contributed by atoms with Gasteiger partial charge in [-0.15, -0.1) is 0 Å². The summed E-state index contributed by atoms with van der Waals surface area (Å²) in [6, 6.07) is 0. The van der Waals surface area contributed by atoms with Crippen LogP contribution < -0.4 is 0 Å². The topological polar surface area (TPSA) is 29.5 Å². The third-order valence-electron chi connectivity index (χ3n) is 2.49. The molecule has 0 aromatic rings. The zero-order valence-corrected chi connectivity index (χ0v) is 14.4. The first kappa shape index (κ1) is 18.7. The Morgan fingerprint density at radius 3 is 2.37 bits per heavy atom. The predicted molar refractivity (Wildman–Crippen MR) is 87.8 cm³/mol. The van der Waals surface area contributed by atoms with Gasteiger partial charge in [0.25, 0.3) is 0 Å². The molecule has 0 aliphatic carbocycles. The Morgan fingerprint density at radius 2 is 1.74 bits per heavy atom. The molecule has 2 nitrogen and oxygen atoms in total. The van der Waals surface area contributed by atoms with Crippen LogP contribution in [0.15, 0.2) is 36.8 Å². The van der Waals surface area contributed by atoms with Gasteiger partial charge in [-0.05, 0) is 6.08 Å². The Labute approximate surface area is 127 Å². The first-order chi connectivity index (χ1) is 9.16. The molecule has 0 heterocycles. The van der Waals surface area contributed by atoms with E-state index in [-0.39, 0.29) is 5.76 Å². The van der Waals surface area contributed by atoms with Crippen molar-refractivity contribution in [3.8, 4) is 0 Å². The number of rotatable bonds is 13. The number of hydrogen-bond acceptors (Lipinski definition) is 3. The van der Waals surface area contributed by atoms with Crippen LogP contribution in [0.5, 0.6) is 0 Å². The molecule has 1 N–H and O–H groups in total. The van der Waals surface area contributed by atoms with Gasteiger partial charge in [-0.1, -0.05) is 6.58 Å². The van der Waals surface area contributed by atoms with E-state index in [1.54, 1.807) is 6.08 Å². The zero-order chi connectivity index (χ0) is 14.3. The third-order valence-corrected chi connectivity index (χ3v) is 5.71. The molecule has 0 aliphatic rings. The van der Waals surface area contributed by atoms with Crippen molar-refractivity contribution < 1.29 is 9.84 Å². The third kappa shape index (κ3) is 15.6. The van der Waals surface area contributed by atoms with Gasteiger partial charge in [-0.3, -0.25) is 0 Å². The first-order valence-corrected chi connectivity index (χ1v) is 11.4. The Hall–Kier alpha value is -0.311. The fourth-order valence-electron chi connectivity index (χ4n) is 1.49. The second-order valence-corrected chi connectivity index (χ2v) is 8.81. The summed E-state index contributed by atoms with van der Waals surface area (Å²) in [6.07, 6.45) is 10.8. The van der Waals surface area contributed by atoms with Gasteiger partial charge in [-0.25, -0.2) is 0 Å². The van der Waals surface area contributed by atoms with E-state index in [1.165, 1.54) is 43.9 Å². The molecule has 110 valence electrons. The van der Waals surface area contributed by atoms with Crippen molar-refractivity contribution in [3.05, 3.63) is 36.8 Å². The second-order valence-electron chi connectivity index (χ2n) is 4.25. The van der Waals surface area contributed by atoms with Crippen molar-refractivity contribution in [1.82, 2.24) is 0 Å². The molecular formula is C15H26O2SSe. The molecule has 0 unspecified atom stereocenters. The van der Waals surface area contributed by atoms with Crippen LogP contribution in [0, 0.1) is 0 Å². The Morgan fingerprint density at radius 1 is 1.11 bits per heavy atom. The monoisotopic (exact) mass is 350 g/mol. The van der Waals surface area contributed by atoms with Gasteiger partial charge in [0.05, 0.1) is 0 Å². The van der Waals surface area contributed by atoms with E-state index in [0.717, 1.165) is 20.3 Å². The molecule has 0 fully saturated rings. The molecule has 0 atom stereocenters. The molecule has 0 spiro atoms. The molecule has 19 heavy (non-hydrogen) atoms. The molecule has 0 aliphatic heterocycles. The SMILES string of the molecule is C=C(O)/C=C\C(=C)OCCCCCCCCS[Se]C. The van der Waals surface area contributed by atoms with E-state index in [9.17, 15) is 0 Å². The van der Waals surface area contributed by atoms with E-state index in [1.807, 2.05) is 0 Å². The van der Waals surface area contributed by atoms with Crippen LogP contribution in [0.25, 0.3) is 0 Å². The van der Waals surface area contributed by atoms with Crippen molar-refractivity contribution in [2.45, 2.75) is 44.3 Å². The fraction of sp³-hybridized carbons (Fsp3) is 0.600. The number of unbranched alkanes of at least 4 members (excludes halogenated alkanes) is 5. The van der Waals surface area contributed by atoms with Crippen molar-refractivity contribution in [3.63, 3.8) is 0 Å². The Kier molecular flexibility index (Phi) is 13.9. The van der Waals surface area contributed by atoms with Crippen LogP contribution in [0.3, 0.4) is 0 Å². The number of allylic oxidation sites excluding steroid dienone is 2. The second kappa shape index (κ2) is 14.1. The molecular weight excluding hydrogens is 323 g/mol. The number of ether oxygens (including phenoxy) is 1. The van der Waals surface area contributed by atoms with Crippen LogP contribution in [-0.4, -0.2) is 31.3 Å². The van der Waals surface area contributed by atoms with Crippen molar-refractivity contribution in [2.24, 2.45) is 0 Å². The van der Waals surface area contributed by atoms with Crippen LogP contribution in [-0.2, 0) is 4.74 Å². The maximum absolute atomic E-state index is 8.87. The summed E-state index contributed by atoms with van der Waals surface area (Å²) in [5, 5.41) is 8.87. The molecule has 0 aromatic heterocycles. The number of aliphatic hydroxyl groups is 1. The van der Waals surface area contributed by atoms with Crippen LogP contribution in [0.4, 0.5) is 0 Å². The summed E-state index contributed by atoms with van der Waals surface area (Å²) in [6.45, 7) is 7.80. The van der Waals surface area contributed by atoms with Crippen molar-refractivity contribution in [2.75, 3.05) is 12.4 Å².